The summed E-state index contributed by atoms with van der Waals surface area (Å²) >= 11 is 0. The monoisotopic (exact) mass is 414 g/mol. The van der Waals surface area contributed by atoms with E-state index in [2.05, 4.69) is 0 Å². The minimum Gasteiger partial charge on any atom is -0.507 e. The third kappa shape index (κ3) is 5.26. The van der Waals surface area contributed by atoms with Gasteiger partial charge in [0.25, 0.3) is 0 Å². The first-order valence-corrected chi connectivity index (χ1v) is 10.3. The van der Waals surface area contributed by atoms with Crippen LogP contribution in [0.3, 0.4) is 0 Å². The lowest BCUT2D eigenvalue weighted by Gasteiger charge is -2.10. The summed E-state index contributed by atoms with van der Waals surface area (Å²) in [5.74, 6) is -0.687. The van der Waals surface area contributed by atoms with Crippen molar-refractivity contribution in [2.75, 3.05) is 12.4 Å². The van der Waals surface area contributed by atoms with Gasteiger partial charge in [-0.3, -0.25) is 0 Å². The van der Waals surface area contributed by atoms with Gasteiger partial charge in [-0.15, -0.1) is 0 Å². The molecule has 0 saturated heterocycles. The molecule has 0 radical (unpaired) electrons. The lowest BCUT2D eigenvalue weighted by molar-refractivity contribution is 0.0693. The molecule has 0 atom stereocenters. The highest BCUT2D eigenvalue weighted by Gasteiger charge is 2.16. The second kappa shape index (κ2) is 8.66. The van der Waals surface area contributed by atoms with Gasteiger partial charge in [0.15, 0.2) is 9.84 Å². The summed E-state index contributed by atoms with van der Waals surface area (Å²) in [4.78, 5) is 11.1. The summed E-state index contributed by atoms with van der Waals surface area (Å²) in [6.07, 6.45) is 0. The van der Waals surface area contributed by atoms with Crippen LogP contribution in [-0.2, 0) is 9.84 Å². The van der Waals surface area contributed by atoms with Crippen LogP contribution in [0.15, 0.2) is 77.7 Å². The summed E-state index contributed by atoms with van der Waals surface area (Å²) in [7, 11) is -3.60. The Labute approximate surface area is 167 Å². The molecular formula is C21H18O7S. The normalized spacial score (nSPS) is 11.0. The number of sulfone groups is 1. The van der Waals surface area contributed by atoms with Gasteiger partial charge in [0.1, 0.15) is 35.2 Å². The number of carboxylic acid groups (broad SMARTS) is 1. The molecule has 0 bridgehead atoms. The van der Waals surface area contributed by atoms with Crippen molar-refractivity contribution >= 4 is 15.8 Å². The molecule has 3 rings (SSSR count). The Balaban J connectivity index is 1.61. The molecule has 0 unspecified atom stereocenters. The van der Waals surface area contributed by atoms with Crippen LogP contribution >= 0.6 is 0 Å². The first kappa shape index (κ1) is 20.2. The standard InChI is InChI=1S/C21H18O7S/c22-20-11-8-17(14-19(20)21(23)24)27-12-13-29(25,26)18-9-6-16(7-10-18)28-15-4-2-1-3-5-15/h1-11,14,22H,12-13H2,(H,23,24). The molecule has 0 aromatic heterocycles. The fraction of sp³-hybridized carbons (Fsp3) is 0.0952. The van der Waals surface area contributed by atoms with Crippen LogP contribution in [-0.4, -0.2) is 37.0 Å². The zero-order chi connectivity index (χ0) is 20.9. The van der Waals surface area contributed by atoms with E-state index in [9.17, 15) is 18.3 Å². The van der Waals surface area contributed by atoms with Crippen molar-refractivity contribution in [3.8, 4) is 23.0 Å². The van der Waals surface area contributed by atoms with Crippen LogP contribution < -0.4 is 9.47 Å². The summed E-state index contributed by atoms with van der Waals surface area (Å²) in [6.45, 7) is -0.172. The average Bonchev–Trinajstić information content (AvgIpc) is 2.70. The van der Waals surface area contributed by atoms with Crippen molar-refractivity contribution in [2.45, 2.75) is 4.90 Å². The molecular weight excluding hydrogens is 396 g/mol. The molecule has 3 aromatic carbocycles. The maximum atomic E-state index is 12.5. The van der Waals surface area contributed by atoms with E-state index < -0.39 is 21.6 Å². The summed E-state index contributed by atoms with van der Waals surface area (Å²) in [6, 6.07) is 18.9. The van der Waals surface area contributed by atoms with E-state index in [1.54, 1.807) is 24.3 Å². The number of carbonyl (C=O) groups is 1. The Morgan fingerprint density at radius 3 is 2.14 bits per heavy atom. The van der Waals surface area contributed by atoms with E-state index in [1.807, 2.05) is 18.2 Å². The number of para-hydroxylation sites is 1. The molecule has 0 aliphatic rings. The number of aromatic carboxylic acids is 1. The van der Waals surface area contributed by atoms with Gasteiger partial charge >= 0.3 is 5.97 Å². The van der Waals surface area contributed by atoms with Crippen LogP contribution in [0, 0.1) is 0 Å². The van der Waals surface area contributed by atoms with E-state index in [0.717, 1.165) is 6.07 Å². The molecule has 7 nitrogen and oxygen atoms in total. The van der Waals surface area contributed by atoms with Crippen molar-refractivity contribution < 1.29 is 32.9 Å². The first-order valence-electron chi connectivity index (χ1n) is 8.60. The predicted molar refractivity (Wildman–Crippen MR) is 106 cm³/mol. The molecule has 2 N–H and O–H groups in total. The predicted octanol–water partition coefficient (Wildman–Crippen LogP) is 3.74. The molecule has 0 saturated carbocycles. The van der Waals surface area contributed by atoms with E-state index in [-0.39, 0.29) is 28.6 Å². The van der Waals surface area contributed by atoms with Gasteiger partial charge in [-0.05, 0) is 54.6 Å². The molecule has 3 aromatic rings. The molecule has 0 spiro atoms. The van der Waals surface area contributed by atoms with Gasteiger partial charge < -0.3 is 19.7 Å². The minimum atomic E-state index is -3.60. The second-order valence-corrected chi connectivity index (χ2v) is 8.15. The SMILES string of the molecule is O=C(O)c1cc(OCCS(=O)(=O)c2ccc(Oc3ccccc3)cc2)ccc1O. The van der Waals surface area contributed by atoms with Crippen LogP contribution in [0.2, 0.25) is 0 Å². The number of hydrogen-bond donors (Lipinski definition) is 2. The van der Waals surface area contributed by atoms with Gasteiger partial charge in [-0.1, -0.05) is 18.2 Å². The summed E-state index contributed by atoms with van der Waals surface area (Å²) in [5.41, 5.74) is -0.320. The maximum Gasteiger partial charge on any atom is 0.339 e. The Kier molecular flexibility index (Phi) is 6.04. The van der Waals surface area contributed by atoms with Crippen LogP contribution in [0.4, 0.5) is 0 Å². The second-order valence-electron chi connectivity index (χ2n) is 6.04. The summed E-state index contributed by atoms with van der Waals surface area (Å²) in [5, 5.41) is 18.5. The molecule has 0 heterocycles. The van der Waals surface area contributed by atoms with E-state index in [0.29, 0.717) is 11.5 Å². The lowest BCUT2D eigenvalue weighted by Crippen LogP contribution is -2.14. The van der Waals surface area contributed by atoms with Crippen molar-refractivity contribution in [1.82, 2.24) is 0 Å². The molecule has 8 heteroatoms. The number of ether oxygens (including phenoxy) is 2. The Morgan fingerprint density at radius 2 is 1.48 bits per heavy atom. The number of benzene rings is 3. The summed E-state index contributed by atoms with van der Waals surface area (Å²) < 4.78 is 35.9. The van der Waals surface area contributed by atoms with Crippen molar-refractivity contribution in [3.63, 3.8) is 0 Å². The topological polar surface area (TPSA) is 110 Å². The molecule has 0 aliphatic heterocycles. The van der Waals surface area contributed by atoms with Crippen LogP contribution in [0.5, 0.6) is 23.0 Å². The van der Waals surface area contributed by atoms with Crippen LogP contribution in [0.25, 0.3) is 0 Å². The molecule has 0 amide bonds. The fourth-order valence-electron chi connectivity index (χ4n) is 2.50. The number of hydrogen-bond acceptors (Lipinski definition) is 6. The van der Waals surface area contributed by atoms with Gasteiger partial charge in [0.05, 0.1) is 10.6 Å². The largest absolute Gasteiger partial charge is 0.507 e. The number of carboxylic acids is 1. The Bertz CT molecular complexity index is 1090. The first-order chi connectivity index (χ1) is 13.8. The number of aromatic hydroxyl groups is 1. The molecule has 150 valence electrons. The molecule has 29 heavy (non-hydrogen) atoms. The maximum absolute atomic E-state index is 12.5. The average molecular weight is 414 g/mol. The van der Waals surface area contributed by atoms with Crippen LogP contribution in [0.1, 0.15) is 10.4 Å². The Hall–Kier alpha value is -3.52. The van der Waals surface area contributed by atoms with Crippen molar-refractivity contribution in [1.29, 1.82) is 0 Å². The van der Waals surface area contributed by atoms with Crippen molar-refractivity contribution in [2.24, 2.45) is 0 Å². The third-order valence-corrected chi connectivity index (χ3v) is 5.68. The van der Waals surface area contributed by atoms with E-state index in [1.165, 1.54) is 24.3 Å². The van der Waals surface area contributed by atoms with Gasteiger partial charge in [-0.2, -0.15) is 0 Å². The fourth-order valence-corrected chi connectivity index (χ4v) is 3.59. The zero-order valence-electron chi connectivity index (χ0n) is 15.2. The number of rotatable bonds is 8. The highest BCUT2D eigenvalue weighted by Crippen LogP contribution is 2.24. The quantitative estimate of drug-likeness (QED) is 0.578. The third-order valence-electron chi connectivity index (χ3n) is 3.98. The smallest absolute Gasteiger partial charge is 0.339 e. The highest BCUT2D eigenvalue weighted by atomic mass is 32.2. The zero-order valence-corrected chi connectivity index (χ0v) is 16.0. The van der Waals surface area contributed by atoms with Gasteiger partial charge in [0.2, 0.25) is 0 Å². The molecule has 0 fully saturated rings. The van der Waals surface area contributed by atoms with Gasteiger partial charge in [0, 0.05) is 0 Å². The van der Waals surface area contributed by atoms with Gasteiger partial charge in [-0.25, -0.2) is 13.2 Å². The van der Waals surface area contributed by atoms with E-state index in [4.69, 9.17) is 14.6 Å². The number of phenols is 1. The highest BCUT2D eigenvalue weighted by molar-refractivity contribution is 7.91. The molecule has 0 aliphatic carbocycles. The lowest BCUT2D eigenvalue weighted by atomic mass is 10.2. The Morgan fingerprint density at radius 1 is 0.862 bits per heavy atom. The van der Waals surface area contributed by atoms with E-state index >= 15 is 0 Å². The van der Waals surface area contributed by atoms with Crippen molar-refractivity contribution in [3.05, 3.63) is 78.4 Å². The minimum absolute atomic E-state index is 0.124.